The van der Waals surface area contributed by atoms with E-state index in [2.05, 4.69) is 5.32 Å². The second kappa shape index (κ2) is 6.81. The van der Waals surface area contributed by atoms with Gasteiger partial charge in [-0.05, 0) is 37.6 Å². The van der Waals surface area contributed by atoms with Gasteiger partial charge in [-0.15, -0.1) is 0 Å². The first-order valence-electron chi connectivity index (χ1n) is 6.82. The Bertz CT molecular complexity index is 424. The molecule has 1 aromatic rings. The van der Waals surface area contributed by atoms with Gasteiger partial charge < -0.3 is 24.3 Å². The Morgan fingerprint density at radius 2 is 1.75 bits per heavy atom. The molecule has 1 heterocycles. The number of hydrogen-bond acceptors (Lipinski definition) is 5. The molecule has 0 aromatic heterocycles. The first kappa shape index (κ1) is 14.9. The van der Waals surface area contributed by atoms with Crippen LogP contribution < -0.4 is 19.5 Å². The van der Waals surface area contributed by atoms with E-state index < -0.39 is 0 Å². The highest BCUT2D eigenvalue weighted by Crippen LogP contribution is 2.41. The van der Waals surface area contributed by atoms with Crippen molar-refractivity contribution >= 4 is 0 Å². The van der Waals surface area contributed by atoms with Crippen molar-refractivity contribution in [1.82, 2.24) is 5.32 Å². The average molecular weight is 281 g/mol. The van der Waals surface area contributed by atoms with Gasteiger partial charge in [-0.25, -0.2) is 0 Å². The van der Waals surface area contributed by atoms with Crippen LogP contribution in [0.3, 0.4) is 0 Å². The van der Waals surface area contributed by atoms with Gasteiger partial charge in [0.05, 0.1) is 27.4 Å². The van der Waals surface area contributed by atoms with Crippen molar-refractivity contribution in [3.63, 3.8) is 0 Å². The van der Waals surface area contributed by atoms with Crippen LogP contribution in [-0.2, 0) is 4.74 Å². The Hall–Kier alpha value is -1.46. The Labute approximate surface area is 120 Å². The third kappa shape index (κ3) is 2.99. The molecule has 1 aromatic carbocycles. The summed E-state index contributed by atoms with van der Waals surface area (Å²) in [6.07, 6.45) is 2.03. The maximum Gasteiger partial charge on any atom is 0.203 e. The summed E-state index contributed by atoms with van der Waals surface area (Å²) in [5, 5.41) is 3.32. The molecule has 1 aliphatic heterocycles. The van der Waals surface area contributed by atoms with Gasteiger partial charge in [0, 0.05) is 12.6 Å². The maximum absolute atomic E-state index is 5.88. The monoisotopic (exact) mass is 281 g/mol. The van der Waals surface area contributed by atoms with Crippen LogP contribution in [0.1, 0.15) is 24.5 Å². The second-order valence-corrected chi connectivity index (χ2v) is 4.83. The summed E-state index contributed by atoms with van der Waals surface area (Å²) in [6.45, 7) is 0.757. The normalized spacial score (nSPS) is 22.4. The maximum atomic E-state index is 5.88. The molecule has 0 bridgehead atoms. The standard InChI is InChI=1S/C15H23NO4/c1-16-11-5-6-20-12(9-11)10-7-13(17-2)15(19-4)14(8-10)18-3/h7-8,11-12,16H,5-6,9H2,1-4H3. The van der Waals surface area contributed by atoms with Crippen molar-refractivity contribution in [1.29, 1.82) is 0 Å². The van der Waals surface area contributed by atoms with E-state index in [-0.39, 0.29) is 6.10 Å². The SMILES string of the molecule is CNC1CCOC(c2cc(OC)c(OC)c(OC)c2)C1. The summed E-state index contributed by atoms with van der Waals surface area (Å²) in [5.74, 6) is 1.94. The predicted molar refractivity (Wildman–Crippen MR) is 76.9 cm³/mol. The molecule has 5 nitrogen and oxygen atoms in total. The molecule has 0 amide bonds. The van der Waals surface area contributed by atoms with Gasteiger partial charge in [0.15, 0.2) is 11.5 Å². The first-order chi connectivity index (χ1) is 9.73. The van der Waals surface area contributed by atoms with Crippen LogP contribution in [0.2, 0.25) is 0 Å². The summed E-state index contributed by atoms with van der Waals surface area (Å²) >= 11 is 0. The van der Waals surface area contributed by atoms with Gasteiger partial charge in [-0.2, -0.15) is 0 Å². The molecular formula is C15H23NO4. The van der Waals surface area contributed by atoms with Crippen LogP contribution in [0.25, 0.3) is 0 Å². The highest BCUT2D eigenvalue weighted by Gasteiger charge is 2.25. The molecule has 0 spiro atoms. The topological polar surface area (TPSA) is 49.0 Å². The molecule has 2 unspecified atom stereocenters. The van der Waals surface area contributed by atoms with Gasteiger partial charge in [0.2, 0.25) is 5.75 Å². The van der Waals surface area contributed by atoms with E-state index >= 15 is 0 Å². The van der Waals surface area contributed by atoms with Crippen molar-refractivity contribution in [2.24, 2.45) is 0 Å². The zero-order valence-electron chi connectivity index (χ0n) is 12.6. The lowest BCUT2D eigenvalue weighted by Crippen LogP contribution is -2.33. The molecule has 1 N–H and O–H groups in total. The van der Waals surface area contributed by atoms with Crippen LogP contribution in [0.15, 0.2) is 12.1 Å². The van der Waals surface area contributed by atoms with E-state index in [0.717, 1.165) is 25.0 Å². The van der Waals surface area contributed by atoms with E-state index in [1.54, 1.807) is 21.3 Å². The fourth-order valence-corrected chi connectivity index (χ4v) is 2.58. The van der Waals surface area contributed by atoms with Crippen molar-refractivity contribution in [2.45, 2.75) is 25.0 Å². The molecule has 20 heavy (non-hydrogen) atoms. The van der Waals surface area contributed by atoms with Crippen molar-refractivity contribution in [2.75, 3.05) is 35.0 Å². The fourth-order valence-electron chi connectivity index (χ4n) is 2.58. The zero-order valence-corrected chi connectivity index (χ0v) is 12.6. The molecular weight excluding hydrogens is 258 g/mol. The number of nitrogens with one attached hydrogen (secondary N) is 1. The number of ether oxygens (including phenoxy) is 4. The summed E-state index contributed by atoms with van der Waals surface area (Å²) in [6, 6.07) is 4.40. The van der Waals surface area contributed by atoms with Gasteiger partial charge in [0.1, 0.15) is 0 Å². The molecule has 1 aliphatic rings. The molecule has 5 heteroatoms. The van der Waals surface area contributed by atoms with E-state index in [4.69, 9.17) is 18.9 Å². The molecule has 0 aliphatic carbocycles. The Morgan fingerprint density at radius 1 is 1.10 bits per heavy atom. The molecule has 2 rings (SSSR count). The zero-order chi connectivity index (χ0) is 14.5. The van der Waals surface area contributed by atoms with Crippen LogP contribution in [0.5, 0.6) is 17.2 Å². The Morgan fingerprint density at radius 3 is 2.25 bits per heavy atom. The molecule has 2 atom stereocenters. The van der Waals surface area contributed by atoms with Gasteiger partial charge in [-0.3, -0.25) is 0 Å². The lowest BCUT2D eigenvalue weighted by molar-refractivity contribution is 0.00130. The molecule has 0 saturated carbocycles. The van der Waals surface area contributed by atoms with Crippen LogP contribution in [0, 0.1) is 0 Å². The van der Waals surface area contributed by atoms with E-state index in [1.807, 2.05) is 19.2 Å². The molecule has 1 saturated heterocycles. The Balaban J connectivity index is 2.31. The van der Waals surface area contributed by atoms with Gasteiger partial charge in [-0.1, -0.05) is 0 Å². The van der Waals surface area contributed by atoms with E-state index in [9.17, 15) is 0 Å². The number of methoxy groups -OCH3 is 3. The summed E-state index contributed by atoms with van der Waals surface area (Å²) in [7, 11) is 6.84. The summed E-state index contributed by atoms with van der Waals surface area (Å²) in [4.78, 5) is 0. The van der Waals surface area contributed by atoms with Gasteiger partial charge >= 0.3 is 0 Å². The highest BCUT2D eigenvalue weighted by molar-refractivity contribution is 5.54. The van der Waals surface area contributed by atoms with Crippen molar-refractivity contribution in [3.05, 3.63) is 17.7 Å². The lowest BCUT2D eigenvalue weighted by atomic mass is 9.97. The summed E-state index contributed by atoms with van der Waals surface area (Å²) < 4.78 is 22.0. The minimum atomic E-state index is 0.0508. The molecule has 112 valence electrons. The molecule has 1 fully saturated rings. The van der Waals surface area contributed by atoms with Crippen LogP contribution >= 0.6 is 0 Å². The minimum Gasteiger partial charge on any atom is -0.493 e. The van der Waals surface area contributed by atoms with Crippen LogP contribution in [-0.4, -0.2) is 41.0 Å². The highest BCUT2D eigenvalue weighted by atomic mass is 16.5. The number of benzene rings is 1. The quantitative estimate of drug-likeness (QED) is 0.896. The van der Waals surface area contributed by atoms with Crippen molar-refractivity contribution in [3.8, 4) is 17.2 Å². The number of hydrogen-bond donors (Lipinski definition) is 1. The fraction of sp³-hybridized carbons (Fsp3) is 0.600. The Kier molecular flexibility index (Phi) is 5.09. The lowest BCUT2D eigenvalue weighted by Gasteiger charge is -2.30. The third-order valence-corrected chi connectivity index (χ3v) is 3.75. The van der Waals surface area contributed by atoms with Gasteiger partial charge in [0.25, 0.3) is 0 Å². The smallest absolute Gasteiger partial charge is 0.203 e. The van der Waals surface area contributed by atoms with E-state index in [1.165, 1.54) is 0 Å². The third-order valence-electron chi connectivity index (χ3n) is 3.75. The summed E-state index contributed by atoms with van der Waals surface area (Å²) in [5.41, 5.74) is 1.06. The number of rotatable bonds is 5. The van der Waals surface area contributed by atoms with E-state index in [0.29, 0.717) is 23.3 Å². The first-order valence-corrected chi connectivity index (χ1v) is 6.82. The largest absolute Gasteiger partial charge is 0.493 e. The minimum absolute atomic E-state index is 0.0508. The average Bonchev–Trinajstić information content (AvgIpc) is 2.53. The van der Waals surface area contributed by atoms with Crippen molar-refractivity contribution < 1.29 is 18.9 Å². The van der Waals surface area contributed by atoms with Crippen LogP contribution in [0.4, 0.5) is 0 Å². The molecule has 0 radical (unpaired) electrons. The second-order valence-electron chi connectivity index (χ2n) is 4.83. The predicted octanol–water partition coefficient (Wildman–Crippen LogP) is 2.15.